The van der Waals surface area contributed by atoms with Gasteiger partial charge in [-0.25, -0.2) is 0 Å². The topological polar surface area (TPSA) is 80.2 Å². The van der Waals surface area contributed by atoms with Crippen molar-refractivity contribution >= 4 is 17.5 Å². The minimum absolute atomic E-state index is 0.0967. The molecule has 0 radical (unpaired) electrons. The molecule has 1 aliphatic rings. The van der Waals surface area contributed by atoms with E-state index in [1.807, 2.05) is 6.92 Å². The first kappa shape index (κ1) is 18.2. The summed E-state index contributed by atoms with van der Waals surface area (Å²) in [6, 6.07) is 2.99. The van der Waals surface area contributed by atoms with Crippen LogP contribution in [0.25, 0.3) is 0 Å². The van der Waals surface area contributed by atoms with E-state index in [-0.39, 0.29) is 11.6 Å². The molecule has 132 valence electrons. The Morgan fingerprint density at radius 2 is 2.00 bits per heavy atom. The second-order valence-electron chi connectivity index (χ2n) is 6.41. The summed E-state index contributed by atoms with van der Waals surface area (Å²) in [6.45, 7) is 4.51. The van der Waals surface area contributed by atoms with Gasteiger partial charge in [-0.2, -0.15) is 0 Å². The normalized spacial score (nSPS) is 19.9. The zero-order valence-electron chi connectivity index (χ0n) is 14.5. The predicted molar refractivity (Wildman–Crippen MR) is 93.8 cm³/mol. The van der Waals surface area contributed by atoms with E-state index in [1.165, 1.54) is 16.7 Å². The maximum absolute atomic E-state index is 12.2. The Labute approximate surface area is 142 Å². The van der Waals surface area contributed by atoms with E-state index in [9.17, 15) is 14.4 Å². The highest BCUT2D eigenvalue weighted by Crippen LogP contribution is 2.29. The van der Waals surface area contributed by atoms with Gasteiger partial charge in [-0.15, -0.1) is 0 Å². The molecule has 1 aromatic heterocycles. The van der Waals surface area contributed by atoms with Gasteiger partial charge in [-0.3, -0.25) is 14.4 Å². The van der Waals surface area contributed by atoms with Crippen molar-refractivity contribution in [2.75, 3.05) is 5.32 Å². The minimum Gasteiger partial charge on any atom is -0.345 e. The molecule has 1 heterocycles. The first-order valence-electron chi connectivity index (χ1n) is 8.87. The van der Waals surface area contributed by atoms with Gasteiger partial charge < -0.3 is 15.2 Å². The van der Waals surface area contributed by atoms with Crippen LogP contribution in [0.1, 0.15) is 52.4 Å². The number of amides is 2. The molecule has 1 saturated carbocycles. The van der Waals surface area contributed by atoms with Gasteiger partial charge in [-0.05, 0) is 38.2 Å². The van der Waals surface area contributed by atoms with Crippen LogP contribution >= 0.6 is 0 Å². The van der Waals surface area contributed by atoms with E-state index in [1.54, 1.807) is 6.20 Å². The van der Waals surface area contributed by atoms with Crippen LogP contribution in [0.3, 0.4) is 0 Å². The highest BCUT2D eigenvalue weighted by Gasteiger charge is 2.29. The monoisotopic (exact) mass is 333 g/mol. The van der Waals surface area contributed by atoms with Crippen LogP contribution in [0.15, 0.2) is 23.1 Å². The van der Waals surface area contributed by atoms with E-state index >= 15 is 0 Å². The summed E-state index contributed by atoms with van der Waals surface area (Å²) in [5, 5.41) is 5.44. The Bertz CT molecular complexity index is 639. The summed E-state index contributed by atoms with van der Waals surface area (Å²) in [4.78, 5) is 35.8. The van der Waals surface area contributed by atoms with Crippen LogP contribution in [0.4, 0.5) is 5.69 Å². The molecule has 6 nitrogen and oxygen atoms in total. The lowest BCUT2D eigenvalue weighted by Gasteiger charge is -2.20. The van der Waals surface area contributed by atoms with Crippen LogP contribution in [0.2, 0.25) is 0 Å². The largest absolute Gasteiger partial charge is 0.345 e. The lowest BCUT2D eigenvalue weighted by molar-refractivity contribution is -0.136. The van der Waals surface area contributed by atoms with Crippen LogP contribution in [0.5, 0.6) is 0 Å². The average molecular weight is 333 g/mol. The standard InChI is InChI=1S/C18H27N3O3/c1-3-5-7-13-8-6-9-15(13)20-18(24)17(23)19-14-10-11-16(22)21(4-2)12-14/h10-13,15H,3-9H2,1-2H3,(H,19,23)(H,20,24)/t13-,15+/m0/s1. The predicted octanol–water partition coefficient (Wildman–Crippen LogP) is 2.28. The lowest BCUT2D eigenvalue weighted by Crippen LogP contribution is -2.43. The molecule has 0 saturated heterocycles. The van der Waals surface area contributed by atoms with Crippen molar-refractivity contribution in [1.29, 1.82) is 0 Å². The second kappa shape index (κ2) is 8.66. The van der Waals surface area contributed by atoms with Gasteiger partial charge in [0.1, 0.15) is 0 Å². The van der Waals surface area contributed by atoms with Gasteiger partial charge in [0.05, 0.1) is 5.69 Å². The molecule has 2 atom stereocenters. The SMILES string of the molecule is CCCC[C@H]1CCC[C@H]1NC(=O)C(=O)Nc1ccc(=O)n(CC)c1. The minimum atomic E-state index is -0.683. The van der Waals surface area contributed by atoms with Gasteiger partial charge in [0, 0.05) is 24.8 Å². The van der Waals surface area contributed by atoms with Crippen molar-refractivity contribution in [2.24, 2.45) is 5.92 Å². The first-order chi connectivity index (χ1) is 11.5. The first-order valence-corrected chi connectivity index (χ1v) is 8.87. The molecule has 2 amide bonds. The summed E-state index contributed by atoms with van der Waals surface area (Å²) in [6.07, 6.45) is 8.11. The van der Waals surface area contributed by atoms with Crippen molar-refractivity contribution in [1.82, 2.24) is 9.88 Å². The fraction of sp³-hybridized carbons (Fsp3) is 0.611. The van der Waals surface area contributed by atoms with Crippen molar-refractivity contribution < 1.29 is 9.59 Å². The number of nitrogens with zero attached hydrogens (tertiary/aromatic N) is 1. The van der Waals surface area contributed by atoms with E-state index in [0.29, 0.717) is 18.2 Å². The summed E-state index contributed by atoms with van der Waals surface area (Å²) in [7, 11) is 0. The summed E-state index contributed by atoms with van der Waals surface area (Å²) >= 11 is 0. The molecule has 2 rings (SSSR count). The summed E-state index contributed by atoms with van der Waals surface area (Å²) in [5.74, 6) is -0.807. The lowest BCUT2D eigenvalue weighted by atomic mass is 9.97. The quantitative estimate of drug-likeness (QED) is 0.784. The summed E-state index contributed by atoms with van der Waals surface area (Å²) < 4.78 is 1.48. The number of hydrogen-bond acceptors (Lipinski definition) is 3. The van der Waals surface area contributed by atoms with E-state index in [0.717, 1.165) is 38.5 Å². The van der Waals surface area contributed by atoms with E-state index in [4.69, 9.17) is 0 Å². The maximum atomic E-state index is 12.2. The number of anilines is 1. The average Bonchev–Trinajstić information content (AvgIpc) is 3.01. The molecule has 2 N–H and O–H groups in total. The van der Waals surface area contributed by atoms with Crippen molar-refractivity contribution in [3.05, 3.63) is 28.7 Å². The number of nitrogens with one attached hydrogen (secondary N) is 2. The molecular formula is C18H27N3O3. The smallest absolute Gasteiger partial charge is 0.313 e. The van der Waals surface area contributed by atoms with Gasteiger partial charge in [0.25, 0.3) is 5.56 Å². The molecular weight excluding hydrogens is 306 g/mol. The number of aromatic nitrogens is 1. The van der Waals surface area contributed by atoms with Gasteiger partial charge in [-0.1, -0.05) is 26.2 Å². The van der Waals surface area contributed by atoms with Crippen LogP contribution in [0, 0.1) is 5.92 Å². The third kappa shape index (κ3) is 4.69. The number of carbonyl (C=O) groups excluding carboxylic acids is 2. The molecule has 0 spiro atoms. The zero-order chi connectivity index (χ0) is 17.5. The van der Waals surface area contributed by atoms with Crippen LogP contribution in [-0.2, 0) is 16.1 Å². The van der Waals surface area contributed by atoms with Gasteiger partial charge >= 0.3 is 11.8 Å². The Morgan fingerprint density at radius 1 is 1.21 bits per heavy atom. The number of carbonyl (C=O) groups is 2. The third-order valence-electron chi connectivity index (χ3n) is 4.69. The Morgan fingerprint density at radius 3 is 2.71 bits per heavy atom. The number of aryl methyl sites for hydroxylation is 1. The molecule has 0 bridgehead atoms. The molecule has 0 unspecified atom stereocenters. The molecule has 1 fully saturated rings. The highest BCUT2D eigenvalue weighted by molar-refractivity contribution is 6.39. The van der Waals surface area contributed by atoms with Gasteiger partial charge in [0.2, 0.25) is 0 Å². The Hall–Kier alpha value is -2.11. The number of unbranched alkanes of at least 4 members (excludes halogenated alkanes) is 1. The van der Waals surface area contributed by atoms with Crippen molar-refractivity contribution in [3.63, 3.8) is 0 Å². The fourth-order valence-corrected chi connectivity index (χ4v) is 3.31. The highest BCUT2D eigenvalue weighted by atomic mass is 16.2. The van der Waals surface area contributed by atoms with Crippen molar-refractivity contribution in [3.8, 4) is 0 Å². The summed E-state index contributed by atoms with van der Waals surface area (Å²) in [5.41, 5.74) is 0.315. The number of rotatable bonds is 6. The third-order valence-corrected chi connectivity index (χ3v) is 4.69. The van der Waals surface area contributed by atoms with Crippen LogP contribution in [-0.4, -0.2) is 22.4 Å². The fourth-order valence-electron chi connectivity index (χ4n) is 3.31. The molecule has 24 heavy (non-hydrogen) atoms. The molecule has 0 aliphatic heterocycles. The maximum Gasteiger partial charge on any atom is 0.313 e. The molecule has 6 heteroatoms. The van der Waals surface area contributed by atoms with Crippen molar-refractivity contribution in [2.45, 2.75) is 65.0 Å². The molecule has 1 aliphatic carbocycles. The van der Waals surface area contributed by atoms with Gasteiger partial charge in [0.15, 0.2) is 0 Å². The Balaban J connectivity index is 1.92. The number of hydrogen-bond donors (Lipinski definition) is 2. The second-order valence-corrected chi connectivity index (χ2v) is 6.41. The Kier molecular flexibility index (Phi) is 6.58. The van der Waals surface area contributed by atoms with Crippen LogP contribution < -0.4 is 16.2 Å². The van der Waals surface area contributed by atoms with E-state index < -0.39 is 11.8 Å². The molecule has 1 aromatic rings. The zero-order valence-corrected chi connectivity index (χ0v) is 14.5. The molecule has 0 aromatic carbocycles. The van der Waals surface area contributed by atoms with E-state index in [2.05, 4.69) is 17.6 Å². The number of pyridine rings is 1.